The van der Waals surface area contributed by atoms with Crippen LogP contribution in [0.4, 0.5) is 8.78 Å². The molecule has 6 heteroatoms. The number of allylic oxidation sites excluding steroid dienone is 2. The molecule has 0 fully saturated rings. The van der Waals surface area contributed by atoms with Crippen LogP contribution >= 0.6 is 42.8 Å². The van der Waals surface area contributed by atoms with E-state index in [4.69, 9.17) is 0 Å². The molecule has 2 aliphatic rings. The predicted octanol–water partition coefficient (Wildman–Crippen LogP) is 3.63. The molecule has 0 aromatic carbocycles. The summed E-state index contributed by atoms with van der Waals surface area (Å²) in [5.74, 6) is -0.923. The second kappa shape index (κ2) is 2.83. The lowest BCUT2D eigenvalue weighted by Crippen LogP contribution is -1.92. The molecule has 0 aromatic heterocycles. The maximum Gasteiger partial charge on any atom is 0.161 e. The quantitative estimate of drug-likeness (QED) is 0.382. The molecule has 1 unspecified atom stereocenters. The fourth-order valence-electron chi connectivity index (χ4n) is 0.712. The van der Waals surface area contributed by atoms with E-state index in [2.05, 4.69) is 12.6 Å². The first kappa shape index (κ1) is 8.22. The van der Waals surface area contributed by atoms with Crippen LogP contribution < -0.4 is 0 Å². The lowest BCUT2D eigenvalue weighted by Gasteiger charge is -1.91. The number of thiol groups is 1. The average molecular weight is 228 g/mol. The monoisotopic (exact) mass is 228 g/mol. The van der Waals surface area contributed by atoms with Gasteiger partial charge in [-0.15, -0.1) is 12.6 Å². The first-order valence-electron chi connectivity index (χ1n) is 2.62. The number of halogens is 2. The SMILES string of the molecule is FC1=CSS2=C1C(F)=C(S)S2. The number of hydrogen-bond donors (Lipinski definition) is 1. The number of rotatable bonds is 0. The van der Waals surface area contributed by atoms with Crippen molar-refractivity contribution in [1.82, 2.24) is 0 Å². The highest BCUT2D eigenvalue weighted by Gasteiger charge is 2.30. The van der Waals surface area contributed by atoms with Crippen LogP contribution in [0.15, 0.2) is 21.3 Å². The minimum atomic E-state index is -0.486. The van der Waals surface area contributed by atoms with Gasteiger partial charge in [-0.3, -0.25) is 0 Å². The van der Waals surface area contributed by atoms with Gasteiger partial charge in [0.25, 0.3) is 0 Å². The molecule has 0 nitrogen and oxygen atoms in total. The summed E-state index contributed by atoms with van der Waals surface area (Å²) in [4.78, 5) is 0.199. The maximum absolute atomic E-state index is 13.0. The summed E-state index contributed by atoms with van der Waals surface area (Å²) in [6.45, 7) is 0. The molecule has 0 saturated carbocycles. The summed E-state index contributed by atoms with van der Waals surface area (Å²) < 4.78 is 26.1. The van der Waals surface area contributed by atoms with Crippen LogP contribution in [0.25, 0.3) is 0 Å². The van der Waals surface area contributed by atoms with Crippen molar-refractivity contribution >= 4 is 47.6 Å². The van der Waals surface area contributed by atoms with Crippen molar-refractivity contribution in [3.05, 3.63) is 21.3 Å². The molecule has 0 saturated heterocycles. The highest BCUT2D eigenvalue weighted by molar-refractivity contribution is 9.18. The Balaban J connectivity index is 2.47. The molecule has 60 valence electrons. The van der Waals surface area contributed by atoms with Gasteiger partial charge in [0.15, 0.2) is 5.83 Å². The first-order chi connectivity index (χ1) is 5.20. The van der Waals surface area contributed by atoms with Crippen LogP contribution in [-0.4, -0.2) is 4.86 Å². The summed E-state index contributed by atoms with van der Waals surface area (Å²) in [5.41, 5.74) is 0. The minimum absolute atomic E-state index is 0.199. The normalized spacial score (nSPS) is 29.5. The molecule has 0 N–H and O–H groups in total. The first-order valence-corrected chi connectivity index (χ1v) is 7.02. The Morgan fingerprint density at radius 1 is 1.45 bits per heavy atom. The third-order valence-corrected chi connectivity index (χ3v) is 7.77. The third kappa shape index (κ3) is 1.20. The molecule has 0 amide bonds. The van der Waals surface area contributed by atoms with E-state index < -0.39 is 20.2 Å². The topological polar surface area (TPSA) is 0 Å². The lowest BCUT2D eigenvalue weighted by molar-refractivity contribution is 0.655. The van der Waals surface area contributed by atoms with Crippen molar-refractivity contribution in [1.29, 1.82) is 0 Å². The lowest BCUT2D eigenvalue weighted by atomic mass is 10.4. The van der Waals surface area contributed by atoms with Gasteiger partial charge in [-0.05, 0) is 19.3 Å². The average Bonchev–Trinajstić information content (AvgIpc) is 2.41. The van der Waals surface area contributed by atoms with Crippen LogP contribution in [0, 0.1) is 0 Å². The largest absolute Gasteiger partial charge is 0.205 e. The molecular weight excluding hydrogens is 226 g/mol. The fourth-order valence-corrected chi connectivity index (χ4v) is 7.51. The van der Waals surface area contributed by atoms with Gasteiger partial charge < -0.3 is 0 Å². The molecule has 0 radical (unpaired) electrons. The van der Waals surface area contributed by atoms with Crippen molar-refractivity contribution < 1.29 is 8.78 Å². The highest BCUT2D eigenvalue weighted by Crippen LogP contribution is 2.61. The molecular formula is C5H2F2S4. The third-order valence-electron chi connectivity index (χ3n) is 1.16. The van der Waals surface area contributed by atoms with Crippen molar-refractivity contribution in [2.75, 3.05) is 0 Å². The minimum Gasteiger partial charge on any atom is -0.205 e. The van der Waals surface area contributed by atoms with E-state index in [-0.39, 0.29) is 4.86 Å². The standard InChI is InChI=1S/C5H2F2S4/c6-2-1-9-11-4(2)3(7)5(8)10-11/h1,8H. The van der Waals surface area contributed by atoms with Crippen molar-refractivity contribution in [3.63, 3.8) is 0 Å². The molecule has 2 rings (SSSR count). The summed E-state index contributed by atoms with van der Waals surface area (Å²) in [6, 6.07) is 0. The molecule has 11 heavy (non-hydrogen) atoms. The summed E-state index contributed by atoms with van der Waals surface area (Å²) in [6.07, 6.45) is 0. The van der Waals surface area contributed by atoms with Crippen LogP contribution in [0.5, 0.6) is 0 Å². The summed E-state index contributed by atoms with van der Waals surface area (Å²) >= 11 is 3.88. The van der Waals surface area contributed by atoms with Crippen molar-refractivity contribution in [2.45, 2.75) is 0 Å². The van der Waals surface area contributed by atoms with E-state index in [9.17, 15) is 8.78 Å². The van der Waals surface area contributed by atoms with Gasteiger partial charge in [0.1, 0.15) is 5.83 Å². The Kier molecular flexibility index (Phi) is 2.11. The molecule has 0 spiro atoms. The van der Waals surface area contributed by atoms with Crippen LogP contribution in [0.2, 0.25) is 0 Å². The van der Waals surface area contributed by atoms with Crippen LogP contribution in [0.1, 0.15) is 0 Å². The molecule has 2 heterocycles. The Hall–Kier alpha value is 0.610. The van der Waals surface area contributed by atoms with Crippen molar-refractivity contribution in [2.24, 2.45) is 0 Å². The van der Waals surface area contributed by atoms with Crippen LogP contribution in [-0.2, 0) is 0 Å². The highest BCUT2D eigenvalue weighted by atomic mass is 33.5. The Bertz CT molecular complexity index is 314. The molecule has 0 aromatic rings. The molecule has 0 bridgehead atoms. The van der Waals surface area contributed by atoms with E-state index in [1.807, 2.05) is 0 Å². The summed E-state index contributed by atoms with van der Waals surface area (Å²) in [7, 11) is 2.19. The van der Waals surface area contributed by atoms with Crippen LogP contribution in [0.3, 0.4) is 0 Å². The maximum atomic E-state index is 13.0. The van der Waals surface area contributed by atoms with Crippen molar-refractivity contribution in [3.8, 4) is 0 Å². The molecule has 0 aliphatic carbocycles. The van der Waals surface area contributed by atoms with E-state index in [0.717, 1.165) is 0 Å². The van der Waals surface area contributed by atoms with E-state index in [1.54, 1.807) is 0 Å². The van der Waals surface area contributed by atoms with Gasteiger partial charge in [0, 0.05) is 5.41 Å². The predicted molar refractivity (Wildman–Crippen MR) is 54.1 cm³/mol. The zero-order valence-corrected chi connectivity index (χ0v) is 8.35. The van der Waals surface area contributed by atoms with E-state index >= 15 is 0 Å². The summed E-state index contributed by atoms with van der Waals surface area (Å²) in [5, 5.41) is 1.35. The van der Waals surface area contributed by atoms with Gasteiger partial charge in [-0.25, -0.2) is 8.78 Å². The van der Waals surface area contributed by atoms with Gasteiger partial charge in [-0.2, -0.15) is 0 Å². The van der Waals surface area contributed by atoms with Gasteiger partial charge in [0.2, 0.25) is 0 Å². The zero-order chi connectivity index (χ0) is 8.01. The molecule has 1 atom stereocenters. The Morgan fingerprint density at radius 2 is 2.18 bits per heavy atom. The Morgan fingerprint density at radius 3 is 2.82 bits per heavy atom. The van der Waals surface area contributed by atoms with Gasteiger partial charge in [0.05, 0.1) is 9.10 Å². The van der Waals surface area contributed by atoms with Gasteiger partial charge >= 0.3 is 0 Å². The smallest absolute Gasteiger partial charge is 0.161 e. The second-order valence-electron chi connectivity index (χ2n) is 1.83. The van der Waals surface area contributed by atoms with E-state index in [1.165, 1.54) is 27.0 Å². The van der Waals surface area contributed by atoms with E-state index in [0.29, 0.717) is 4.24 Å². The Labute approximate surface area is 77.6 Å². The zero-order valence-electron chi connectivity index (χ0n) is 5.01. The second-order valence-corrected chi connectivity index (χ2v) is 8.17. The fraction of sp³-hybridized carbons (Fsp3) is 0. The number of hydrogen-bond acceptors (Lipinski definition) is 3. The van der Waals surface area contributed by atoms with Gasteiger partial charge in [-0.1, -0.05) is 10.8 Å². The molecule has 2 aliphatic heterocycles.